The molecule has 2 aromatic heterocycles. The van der Waals surface area contributed by atoms with Crippen LogP contribution >= 0.6 is 0 Å². The van der Waals surface area contributed by atoms with Gasteiger partial charge in [0.15, 0.2) is 0 Å². The summed E-state index contributed by atoms with van der Waals surface area (Å²) in [6.45, 7) is 0.472. The number of nitrogens with zero attached hydrogens (tertiary/aromatic N) is 3. The Morgan fingerprint density at radius 2 is 2.17 bits per heavy atom. The van der Waals surface area contributed by atoms with E-state index in [0.717, 1.165) is 36.3 Å². The molecule has 4 rings (SSSR count). The van der Waals surface area contributed by atoms with E-state index in [4.69, 9.17) is 10.2 Å². The molecule has 4 N–H and O–H groups in total. The predicted octanol–water partition coefficient (Wildman–Crippen LogP) is 3.23. The summed E-state index contributed by atoms with van der Waals surface area (Å²) < 4.78 is 7.05. The van der Waals surface area contributed by atoms with Gasteiger partial charge in [0, 0.05) is 18.5 Å². The molecule has 0 saturated heterocycles. The summed E-state index contributed by atoms with van der Waals surface area (Å²) in [7, 11) is 0. The number of rotatable bonds is 6. The number of urea groups is 1. The van der Waals surface area contributed by atoms with Crippen LogP contribution in [0.5, 0.6) is 0 Å². The first-order valence-electron chi connectivity index (χ1n) is 10.1. The van der Waals surface area contributed by atoms with Gasteiger partial charge < -0.3 is 20.8 Å². The van der Waals surface area contributed by atoms with Crippen molar-refractivity contribution < 1.29 is 9.21 Å². The van der Waals surface area contributed by atoms with Gasteiger partial charge in [0.1, 0.15) is 23.2 Å². The van der Waals surface area contributed by atoms with Gasteiger partial charge in [0.05, 0.1) is 23.7 Å². The molecular formula is C22H24N6O2. The fraction of sp³-hybridized carbons (Fsp3) is 0.318. The van der Waals surface area contributed by atoms with Crippen LogP contribution in [-0.4, -0.2) is 22.4 Å². The van der Waals surface area contributed by atoms with Crippen molar-refractivity contribution >= 4 is 11.8 Å². The van der Waals surface area contributed by atoms with Crippen molar-refractivity contribution in [2.75, 3.05) is 12.3 Å². The number of para-hydroxylation sites is 1. The van der Waals surface area contributed by atoms with Crippen LogP contribution in [0.1, 0.15) is 47.9 Å². The molecule has 0 radical (unpaired) electrons. The molecule has 2 heterocycles. The Hall–Kier alpha value is -3.73. The molecule has 30 heavy (non-hydrogen) atoms. The second kappa shape index (κ2) is 8.74. The topological polar surface area (TPSA) is 122 Å². The smallest absolute Gasteiger partial charge is 0.315 e. The Labute approximate surface area is 174 Å². The Kier molecular flexibility index (Phi) is 5.70. The largest absolute Gasteiger partial charge is 0.469 e. The predicted molar refractivity (Wildman–Crippen MR) is 112 cm³/mol. The number of nitrogens with two attached hydrogens (primary N) is 1. The Morgan fingerprint density at radius 1 is 1.33 bits per heavy atom. The molecule has 1 aliphatic rings. The molecule has 0 saturated carbocycles. The van der Waals surface area contributed by atoms with Crippen LogP contribution < -0.4 is 16.4 Å². The van der Waals surface area contributed by atoms with E-state index in [1.165, 1.54) is 0 Å². The monoisotopic (exact) mass is 404 g/mol. The van der Waals surface area contributed by atoms with Crippen molar-refractivity contribution in [3.63, 3.8) is 0 Å². The van der Waals surface area contributed by atoms with Crippen molar-refractivity contribution in [1.82, 2.24) is 20.4 Å². The Bertz CT molecular complexity index is 1060. The molecule has 8 heteroatoms. The van der Waals surface area contributed by atoms with Crippen LogP contribution in [-0.2, 0) is 12.8 Å². The number of furan rings is 1. The van der Waals surface area contributed by atoms with E-state index < -0.39 is 0 Å². The molecule has 0 aliphatic heterocycles. The number of benzene rings is 1. The minimum Gasteiger partial charge on any atom is -0.469 e. The molecule has 8 nitrogen and oxygen atoms in total. The Balaban J connectivity index is 1.31. The molecule has 2 amide bonds. The normalized spacial score (nSPS) is 15.2. The highest BCUT2D eigenvalue weighted by atomic mass is 16.3. The molecule has 0 fully saturated rings. The zero-order chi connectivity index (χ0) is 20.9. The van der Waals surface area contributed by atoms with Gasteiger partial charge in [-0.3, -0.25) is 0 Å². The zero-order valence-electron chi connectivity index (χ0n) is 16.6. The van der Waals surface area contributed by atoms with E-state index in [0.29, 0.717) is 36.5 Å². The summed E-state index contributed by atoms with van der Waals surface area (Å²) in [6.07, 6.45) is 5.69. The average Bonchev–Trinajstić information content (AvgIpc) is 3.37. The molecule has 1 unspecified atom stereocenters. The number of carbonyl (C=O) groups excluding carboxylic acids is 1. The van der Waals surface area contributed by atoms with Crippen molar-refractivity contribution in [2.45, 2.75) is 38.1 Å². The maximum Gasteiger partial charge on any atom is 0.315 e. The van der Waals surface area contributed by atoms with Crippen molar-refractivity contribution in [2.24, 2.45) is 0 Å². The number of anilines is 1. The van der Waals surface area contributed by atoms with Gasteiger partial charge in [-0.1, -0.05) is 18.2 Å². The third kappa shape index (κ3) is 4.01. The highest BCUT2D eigenvalue weighted by molar-refractivity contribution is 5.74. The third-order valence-electron chi connectivity index (χ3n) is 5.34. The lowest BCUT2D eigenvalue weighted by atomic mass is 9.93. The van der Waals surface area contributed by atoms with E-state index >= 15 is 0 Å². The molecule has 1 aliphatic carbocycles. The van der Waals surface area contributed by atoms with E-state index in [-0.39, 0.29) is 12.1 Å². The van der Waals surface area contributed by atoms with Gasteiger partial charge in [-0.25, -0.2) is 9.48 Å². The van der Waals surface area contributed by atoms with E-state index in [2.05, 4.69) is 21.8 Å². The lowest BCUT2D eigenvalue weighted by Gasteiger charge is -2.22. The molecule has 0 spiro atoms. The molecule has 3 aromatic rings. The van der Waals surface area contributed by atoms with Crippen molar-refractivity contribution in [3.05, 3.63) is 65.2 Å². The minimum atomic E-state index is -0.205. The zero-order valence-corrected chi connectivity index (χ0v) is 16.6. The Morgan fingerprint density at radius 3 is 2.97 bits per heavy atom. The molecule has 1 atom stereocenters. The fourth-order valence-corrected chi connectivity index (χ4v) is 3.84. The summed E-state index contributed by atoms with van der Waals surface area (Å²) in [4.78, 5) is 12.3. The van der Waals surface area contributed by atoms with Gasteiger partial charge in [0.2, 0.25) is 0 Å². The number of fused-ring (bicyclic) bond motifs is 1. The number of hydrogen-bond donors (Lipinski definition) is 3. The summed E-state index contributed by atoms with van der Waals surface area (Å²) >= 11 is 0. The van der Waals surface area contributed by atoms with Crippen LogP contribution in [0, 0.1) is 11.3 Å². The molecular weight excluding hydrogens is 380 g/mol. The lowest BCUT2D eigenvalue weighted by Crippen LogP contribution is -2.39. The van der Waals surface area contributed by atoms with Gasteiger partial charge in [-0.2, -0.15) is 10.4 Å². The van der Waals surface area contributed by atoms with E-state index in [9.17, 15) is 10.1 Å². The maximum absolute atomic E-state index is 12.3. The summed E-state index contributed by atoms with van der Waals surface area (Å²) in [5.74, 6) is 1.29. The van der Waals surface area contributed by atoms with Crippen LogP contribution in [0.2, 0.25) is 0 Å². The van der Waals surface area contributed by atoms with Crippen LogP contribution in [0.3, 0.4) is 0 Å². The number of aromatic nitrogens is 2. The number of hydrogen-bond acceptors (Lipinski definition) is 5. The van der Waals surface area contributed by atoms with Crippen LogP contribution in [0.15, 0.2) is 47.1 Å². The highest BCUT2D eigenvalue weighted by Gasteiger charge is 2.24. The first-order chi connectivity index (χ1) is 14.7. The maximum atomic E-state index is 12.3. The second-order valence-electron chi connectivity index (χ2n) is 7.31. The van der Waals surface area contributed by atoms with E-state index in [1.807, 2.05) is 36.4 Å². The van der Waals surface area contributed by atoms with Crippen molar-refractivity contribution in [3.8, 4) is 11.8 Å². The third-order valence-corrected chi connectivity index (χ3v) is 5.34. The number of carbonyl (C=O) groups is 1. The average molecular weight is 404 g/mol. The summed E-state index contributed by atoms with van der Waals surface area (Å²) in [6, 6.07) is 13.3. The first kappa shape index (κ1) is 19.6. The summed E-state index contributed by atoms with van der Waals surface area (Å²) in [5.41, 5.74) is 9.02. The fourth-order valence-electron chi connectivity index (χ4n) is 3.84. The van der Waals surface area contributed by atoms with Crippen LogP contribution in [0.25, 0.3) is 5.69 Å². The number of nitriles is 1. The second-order valence-corrected chi connectivity index (χ2v) is 7.31. The minimum absolute atomic E-state index is 0.0148. The molecule has 154 valence electrons. The molecule has 1 aromatic carbocycles. The van der Waals surface area contributed by atoms with Crippen LogP contribution in [0.4, 0.5) is 10.6 Å². The quantitative estimate of drug-likeness (QED) is 0.545. The number of nitrogens with one attached hydrogen (secondary N) is 2. The van der Waals surface area contributed by atoms with Crippen molar-refractivity contribution in [1.29, 1.82) is 5.26 Å². The van der Waals surface area contributed by atoms with Gasteiger partial charge in [-0.15, -0.1) is 0 Å². The molecule has 0 bridgehead atoms. The SMILES string of the molecule is N#Cc1c(CCCNC(=O)NC2CCCc3occc32)nn(-c2ccccc2)c1N. The van der Waals surface area contributed by atoms with Gasteiger partial charge >= 0.3 is 6.03 Å². The number of aryl methyl sites for hydroxylation is 2. The lowest BCUT2D eigenvalue weighted by molar-refractivity contribution is 0.235. The first-order valence-corrected chi connectivity index (χ1v) is 10.1. The number of nitrogen functional groups attached to an aromatic ring is 1. The number of amides is 2. The van der Waals surface area contributed by atoms with E-state index in [1.54, 1.807) is 10.9 Å². The van der Waals surface area contributed by atoms with Gasteiger partial charge in [0.25, 0.3) is 0 Å². The standard InChI is InChI=1S/C22H24N6O2/c23-14-17-19(27-28(21(17)24)15-6-2-1-3-7-15)9-5-12-25-22(29)26-18-8-4-10-20-16(18)11-13-30-20/h1-3,6-7,11,13,18H,4-5,8-10,12,24H2,(H2,25,26,29). The van der Waals surface area contributed by atoms with Gasteiger partial charge in [-0.05, 0) is 43.9 Å². The summed E-state index contributed by atoms with van der Waals surface area (Å²) in [5, 5.41) is 19.9. The highest BCUT2D eigenvalue weighted by Crippen LogP contribution is 2.30.